The molecule has 0 bridgehead atoms. The number of rotatable bonds is 12. The molecule has 0 amide bonds. The third kappa shape index (κ3) is 6.45. The van der Waals surface area contributed by atoms with Gasteiger partial charge >= 0.3 is 0 Å². The molecule has 0 unspecified atom stereocenters. The Morgan fingerprint density at radius 1 is 1.08 bits per heavy atom. The molecule has 0 aliphatic carbocycles. The maximum absolute atomic E-state index is 13.6. The van der Waals surface area contributed by atoms with E-state index in [1.807, 2.05) is 6.20 Å². The number of imidazole rings is 1. The lowest BCUT2D eigenvalue weighted by atomic mass is 10.3. The average Bonchev–Trinajstić information content (AvgIpc) is 3.06. The van der Waals surface area contributed by atoms with E-state index in [2.05, 4.69) is 14.5 Å². The molecule has 0 spiro atoms. The first-order chi connectivity index (χ1) is 12.2. The number of hydrogen-bond acceptors (Lipinski definition) is 5. The quantitative estimate of drug-likeness (QED) is 0.587. The molecule has 0 fully saturated rings. The smallest absolute Gasteiger partial charge is 0.165 e. The first-order valence-corrected chi connectivity index (χ1v) is 8.32. The zero-order valence-corrected chi connectivity index (χ0v) is 14.9. The van der Waals surface area contributed by atoms with Gasteiger partial charge in [0.05, 0.1) is 19.8 Å². The first-order valence-electron chi connectivity index (χ1n) is 8.32. The normalized spacial score (nSPS) is 11.2. The number of aromatic nitrogens is 2. The maximum Gasteiger partial charge on any atom is 0.165 e. The van der Waals surface area contributed by atoms with E-state index >= 15 is 0 Å². The van der Waals surface area contributed by atoms with Crippen molar-refractivity contribution >= 4 is 0 Å². The van der Waals surface area contributed by atoms with Crippen LogP contribution in [0.2, 0.25) is 0 Å². The van der Waals surface area contributed by atoms with Crippen molar-refractivity contribution in [1.82, 2.24) is 14.5 Å². The third-order valence-corrected chi connectivity index (χ3v) is 3.82. The Labute approximate surface area is 148 Å². The predicted molar refractivity (Wildman–Crippen MR) is 93.2 cm³/mol. The lowest BCUT2D eigenvalue weighted by Crippen LogP contribution is -2.32. The highest BCUT2D eigenvalue weighted by Crippen LogP contribution is 2.15. The Bertz CT molecular complexity index is 621. The highest BCUT2D eigenvalue weighted by Gasteiger charge is 2.11. The molecule has 0 atom stereocenters. The molecule has 0 radical (unpaired) electrons. The van der Waals surface area contributed by atoms with Gasteiger partial charge in [-0.05, 0) is 12.1 Å². The molecule has 1 aromatic heterocycles. The number of halogens is 1. The number of methoxy groups -OCH3 is 2. The monoisotopic (exact) mass is 351 g/mol. The van der Waals surface area contributed by atoms with E-state index in [4.69, 9.17) is 14.2 Å². The number of para-hydroxylation sites is 1. The van der Waals surface area contributed by atoms with Crippen LogP contribution in [-0.4, -0.2) is 61.6 Å². The zero-order chi connectivity index (χ0) is 17.9. The van der Waals surface area contributed by atoms with Crippen molar-refractivity contribution in [3.8, 4) is 5.75 Å². The summed E-state index contributed by atoms with van der Waals surface area (Å²) >= 11 is 0. The van der Waals surface area contributed by atoms with Gasteiger partial charge in [0.2, 0.25) is 0 Å². The lowest BCUT2D eigenvalue weighted by Gasteiger charge is -2.22. The van der Waals surface area contributed by atoms with Crippen LogP contribution in [0.5, 0.6) is 5.75 Å². The molecule has 25 heavy (non-hydrogen) atoms. The highest BCUT2D eigenvalue weighted by molar-refractivity contribution is 5.23. The Kier molecular flexibility index (Phi) is 8.38. The van der Waals surface area contributed by atoms with E-state index in [1.165, 1.54) is 6.07 Å². The summed E-state index contributed by atoms with van der Waals surface area (Å²) in [5.41, 5.74) is 0. The summed E-state index contributed by atoms with van der Waals surface area (Å²) in [6, 6.07) is 6.43. The lowest BCUT2D eigenvalue weighted by molar-refractivity contribution is 0.126. The second-order valence-corrected chi connectivity index (χ2v) is 5.58. The van der Waals surface area contributed by atoms with Gasteiger partial charge in [0.15, 0.2) is 11.6 Å². The molecule has 0 saturated carbocycles. The van der Waals surface area contributed by atoms with Crippen LogP contribution in [-0.2, 0) is 22.6 Å². The molecule has 2 rings (SSSR count). The van der Waals surface area contributed by atoms with Gasteiger partial charge in [-0.1, -0.05) is 12.1 Å². The molecule has 7 heteroatoms. The van der Waals surface area contributed by atoms with Gasteiger partial charge in [0, 0.05) is 46.2 Å². The molecule has 2 aromatic rings. The Balaban J connectivity index is 1.90. The average molecular weight is 351 g/mol. The van der Waals surface area contributed by atoms with Crippen molar-refractivity contribution in [3.63, 3.8) is 0 Å². The third-order valence-electron chi connectivity index (χ3n) is 3.82. The van der Waals surface area contributed by atoms with E-state index in [-0.39, 0.29) is 11.6 Å². The summed E-state index contributed by atoms with van der Waals surface area (Å²) in [6.45, 7) is 4.46. The summed E-state index contributed by atoms with van der Waals surface area (Å²) < 4.78 is 31.5. The fourth-order valence-corrected chi connectivity index (χ4v) is 2.42. The minimum absolute atomic E-state index is 0.274. The summed E-state index contributed by atoms with van der Waals surface area (Å²) in [7, 11) is 3.36. The Morgan fingerprint density at radius 3 is 2.60 bits per heavy atom. The van der Waals surface area contributed by atoms with E-state index in [1.54, 1.807) is 38.6 Å². The SMILES string of the molecule is COCCN(CCOc1ccccc1F)Cc1nccn1CCOC. The summed E-state index contributed by atoms with van der Waals surface area (Å²) in [4.78, 5) is 6.60. The molecular weight excluding hydrogens is 325 g/mol. The van der Waals surface area contributed by atoms with E-state index in [0.717, 1.165) is 18.9 Å². The minimum Gasteiger partial charge on any atom is -0.489 e. The number of hydrogen-bond donors (Lipinski definition) is 0. The van der Waals surface area contributed by atoms with E-state index < -0.39 is 0 Å². The van der Waals surface area contributed by atoms with Crippen molar-refractivity contribution < 1.29 is 18.6 Å². The van der Waals surface area contributed by atoms with E-state index in [0.29, 0.717) is 32.9 Å². The molecule has 0 N–H and O–H groups in total. The van der Waals surface area contributed by atoms with Crippen molar-refractivity contribution in [2.24, 2.45) is 0 Å². The van der Waals surface area contributed by atoms with Crippen LogP contribution < -0.4 is 4.74 Å². The maximum atomic E-state index is 13.6. The predicted octanol–water partition coefficient (Wildman–Crippen LogP) is 2.20. The van der Waals surface area contributed by atoms with Crippen LogP contribution in [0.1, 0.15) is 5.82 Å². The minimum atomic E-state index is -0.346. The van der Waals surface area contributed by atoms with Crippen molar-refractivity contribution in [1.29, 1.82) is 0 Å². The van der Waals surface area contributed by atoms with Gasteiger partial charge < -0.3 is 18.8 Å². The Hall–Kier alpha value is -1.96. The zero-order valence-electron chi connectivity index (χ0n) is 14.9. The number of nitrogens with zero attached hydrogens (tertiary/aromatic N) is 3. The molecule has 138 valence electrons. The summed E-state index contributed by atoms with van der Waals surface area (Å²) in [5, 5.41) is 0. The van der Waals surface area contributed by atoms with Crippen LogP contribution in [0.15, 0.2) is 36.7 Å². The van der Waals surface area contributed by atoms with E-state index in [9.17, 15) is 4.39 Å². The fraction of sp³-hybridized carbons (Fsp3) is 0.500. The van der Waals surface area contributed by atoms with Crippen molar-refractivity contribution in [2.45, 2.75) is 13.1 Å². The molecule has 1 heterocycles. The summed E-state index contributed by atoms with van der Waals surface area (Å²) in [5.74, 6) is 0.885. The highest BCUT2D eigenvalue weighted by atomic mass is 19.1. The second kappa shape index (κ2) is 10.8. The molecule has 0 saturated heterocycles. The van der Waals surface area contributed by atoms with Gasteiger partial charge in [0.25, 0.3) is 0 Å². The molecule has 1 aromatic carbocycles. The largest absolute Gasteiger partial charge is 0.489 e. The standard InChI is InChI=1S/C18H26FN3O3/c1-23-12-9-21(10-14-25-17-6-4-3-5-16(17)19)15-18-20-7-8-22(18)11-13-24-2/h3-8H,9-15H2,1-2H3. The van der Waals surface area contributed by atoms with Crippen molar-refractivity contribution in [3.05, 3.63) is 48.3 Å². The number of ether oxygens (including phenoxy) is 3. The first kappa shape index (κ1) is 19.4. The molecule has 0 aliphatic heterocycles. The van der Waals surface area contributed by atoms with Gasteiger partial charge in [-0.25, -0.2) is 9.37 Å². The second-order valence-electron chi connectivity index (χ2n) is 5.58. The van der Waals surface area contributed by atoms with Crippen LogP contribution >= 0.6 is 0 Å². The van der Waals surface area contributed by atoms with Gasteiger partial charge in [-0.2, -0.15) is 0 Å². The van der Waals surface area contributed by atoms with Crippen LogP contribution in [0.25, 0.3) is 0 Å². The van der Waals surface area contributed by atoms with Crippen molar-refractivity contribution in [2.75, 3.05) is 47.1 Å². The van der Waals surface area contributed by atoms with Gasteiger partial charge in [-0.3, -0.25) is 4.90 Å². The van der Waals surface area contributed by atoms with Gasteiger partial charge in [-0.15, -0.1) is 0 Å². The topological polar surface area (TPSA) is 48.8 Å². The molecule has 6 nitrogen and oxygen atoms in total. The fourth-order valence-electron chi connectivity index (χ4n) is 2.42. The Morgan fingerprint density at radius 2 is 1.84 bits per heavy atom. The number of benzene rings is 1. The van der Waals surface area contributed by atoms with Crippen LogP contribution in [0.4, 0.5) is 4.39 Å². The van der Waals surface area contributed by atoms with Gasteiger partial charge in [0.1, 0.15) is 12.4 Å². The molecular formula is C18H26FN3O3. The molecule has 0 aliphatic rings. The van der Waals surface area contributed by atoms with Crippen LogP contribution in [0, 0.1) is 5.82 Å². The van der Waals surface area contributed by atoms with Crippen LogP contribution in [0.3, 0.4) is 0 Å². The summed E-state index contributed by atoms with van der Waals surface area (Å²) in [6.07, 6.45) is 3.73.